The number of nitrogens with one attached hydrogen (secondary N) is 1. The van der Waals surface area contributed by atoms with Crippen LogP contribution >= 0.6 is 0 Å². The summed E-state index contributed by atoms with van der Waals surface area (Å²) in [5.74, 6) is -1.51. The summed E-state index contributed by atoms with van der Waals surface area (Å²) in [4.78, 5) is 10.8. The molecule has 0 aliphatic carbocycles. The molecule has 1 aromatic heterocycles. The van der Waals surface area contributed by atoms with E-state index in [-0.39, 0.29) is 12.1 Å². The minimum Gasteiger partial charge on any atom is -0.478 e. The Kier molecular flexibility index (Phi) is 4.15. The Morgan fingerprint density at radius 1 is 1.32 bits per heavy atom. The van der Waals surface area contributed by atoms with Crippen LogP contribution in [0.3, 0.4) is 0 Å². The molecule has 0 saturated carbocycles. The summed E-state index contributed by atoms with van der Waals surface area (Å²) in [6.45, 7) is 0.661. The second-order valence-electron chi connectivity index (χ2n) is 3.93. The molecule has 1 heterocycles. The molecule has 0 aliphatic rings. The van der Waals surface area contributed by atoms with Crippen LogP contribution in [0.4, 0.5) is 4.39 Å². The summed E-state index contributed by atoms with van der Waals surface area (Å²) in [7, 11) is 0. The number of aromatic nitrogens is 2. The van der Waals surface area contributed by atoms with Crippen LogP contribution < -0.4 is 5.32 Å². The fraction of sp³-hybridized carbons (Fsp3) is 0.154. The van der Waals surface area contributed by atoms with Crippen molar-refractivity contribution in [2.75, 3.05) is 0 Å². The molecule has 0 saturated heterocycles. The first kappa shape index (κ1) is 13.1. The van der Waals surface area contributed by atoms with Crippen molar-refractivity contribution in [3.05, 3.63) is 59.2 Å². The van der Waals surface area contributed by atoms with Crippen LogP contribution in [0.2, 0.25) is 0 Å². The van der Waals surface area contributed by atoms with Gasteiger partial charge in [-0.3, -0.25) is 0 Å². The number of nitrogens with zero attached hydrogens (tertiary/aromatic N) is 2. The second-order valence-corrected chi connectivity index (χ2v) is 3.93. The maximum atomic E-state index is 13.5. The Morgan fingerprint density at radius 2 is 2.16 bits per heavy atom. The molecule has 0 aliphatic heterocycles. The maximum absolute atomic E-state index is 13.5. The minimum absolute atomic E-state index is 0.0673. The largest absolute Gasteiger partial charge is 0.478 e. The van der Waals surface area contributed by atoms with Gasteiger partial charge in [-0.2, -0.15) is 10.2 Å². The van der Waals surface area contributed by atoms with Gasteiger partial charge in [-0.05, 0) is 30.3 Å². The van der Waals surface area contributed by atoms with Crippen molar-refractivity contribution in [3.63, 3.8) is 0 Å². The van der Waals surface area contributed by atoms with Gasteiger partial charge in [0.25, 0.3) is 0 Å². The molecule has 0 fully saturated rings. The van der Waals surface area contributed by atoms with Crippen molar-refractivity contribution >= 4 is 5.97 Å². The van der Waals surface area contributed by atoms with Crippen molar-refractivity contribution in [2.45, 2.75) is 13.1 Å². The third-order valence-electron chi connectivity index (χ3n) is 2.54. The highest BCUT2D eigenvalue weighted by Gasteiger charge is 2.08. The predicted molar refractivity (Wildman–Crippen MR) is 65.9 cm³/mol. The number of hydrogen-bond donors (Lipinski definition) is 2. The van der Waals surface area contributed by atoms with E-state index in [4.69, 9.17) is 5.11 Å². The second kappa shape index (κ2) is 6.01. The summed E-state index contributed by atoms with van der Waals surface area (Å²) >= 11 is 0. The van der Waals surface area contributed by atoms with Gasteiger partial charge in [0.2, 0.25) is 0 Å². The Balaban J connectivity index is 1.99. The van der Waals surface area contributed by atoms with E-state index in [2.05, 4.69) is 15.5 Å². The van der Waals surface area contributed by atoms with Gasteiger partial charge >= 0.3 is 5.97 Å². The van der Waals surface area contributed by atoms with E-state index in [9.17, 15) is 9.18 Å². The predicted octanol–water partition coefficient (Wildman–Crippen LogP) is 1.60. The van der Waals surface area contributed by atoms with Crippen LogP contribution in [-0.4, -0.2) is 21.3 Å². The standard InChI is InChI=1S/C13H12FN3O2/c14-12-4-3-9(13(18)19)6-10(12)7-15-8-11-2-1-5-16-17-11/h1-6,15H,7-8H2,(H,18,19). The SMILES string of the molecule is O=C(O)c1ccc(F)c(CNCc2cccnn2)c1. The third kappa shape index (κ3) is 3.56. The van der Waals surface area contributed by atoms with Gasteiger partial charge in [-0.15, -0.1) is 0 Å². The van der Waals surface area contributed by atoms with Gasteiger partial charge in [-0.25, -0.2) is 9.18 Å². The van der Waals surface area contributed by atoms with Crippen molar-refractivity contribution in [2.24, 2.45) is 0 Å². The third-order valence-corrected chi connectivity index (χ3v) is 2.54. The lowest BCUT2D eigenvalue weighted by molar-refractivity contribution is 0.0696. The number of hydrogen-bond acceptors (Lipinski definition) is 4. The Labute approximate surface area is 109 Å². The van der Waals surface area contributed by atoms with Gasteiger partial charge in [0.1, 0.15) is 5.82 Å². The monoisotopic (exact) mass is 261 g/mol. The van der Waals surface area contributed by atoms with Gasteiger partial charge in [0, 0.05) is 24.8 Å². The lowest BCUT2D eigenvalue weighted by Crippen LogP contribution is -2.15. The summed E-state index contributed by atoms with van der Waals surface area (Å²) in [6.07, 6.45) is 1.57. The molecule has 2 rings (SSSR count). The summed E-state index contributed by atoms with van der Waals surface area (Å²) in [6, 6.07) is 7.27. The fourth-order valence-electron chi connectivity index (χ4n) is 1.60. The van der Waals surface area contributed by atoms with Crippen LogP contribution in [-0.2, 0) is 13.1 Å². The van der Waals surface area contributed by atoms with Crippen LogP contribution in [0.5, 0.6) is 0 Å². The van der Waals surface area contributed by atoms with Crippen LogP contribution in [0, 0.1) is 5.82 Å². The molecule has 0 unspecified atom stereocenters. The first-order chi connectivity index (χ1) is 9.16. The highest BCUT2D eigenvalue weighted by atomic mass is 19.1. The van der Waals surface area contributed by atoms with Crippen molar-refractivity contribution in [1.82, 2.24) is 15.5 Å². The van der Waals surface area contributed by atoms with Crippen molar-refractivity contribution < 1.29 is 14.3 Å². The number of carboxylic acids is 1. The van der Waals surface area contributed by atoms with E-state index >= 15 is 0 Å². The Hall–Kier alpha value is -2.34. The molecular formula is C13H12FN3O2. The minimum atomic E-state index is -1.07. The number of halogens is 1. The van der Waals surface area contributed by atoms with Crippen molar-refractivity contribution in [1.29, 1.82) is 0 Å². The van der Waals surface area contributed by atoms with Gasteiger partial charge in [-0.1, -0.05) is 0 Å². The molecule has 0 bridgehead atoms. The van der Waals surface area contributed by atoms with Gasteiger partial charge < -0.3 is 10.4 Å². The van der Waals surface area contributed by atoms with Crippen LogP contribution in [0.1, 0.15) is 21.6 Å². The lowest BCUT2D eigenvalue weighted by atomic mass is 10.1. The zero-order valence-corrected chi connectivity index (χ0v) is 10.0. The van der Waals surface area contributed by atoms with E-state index in [0.717, 1.165) is 11.8 Å². The Morgan fingerprint density at radius 3 is 2.84 bits per heavy atom. The highest BCUT2D eigenvalue weighted by Crippen LogP contribution is 2.10. The number of carbonyl (C=O) groups is 1. The van der Waals surface area contributed by atoms with E-state index in [1.165, 1.54) is 12.1 Å². The Bertz CT molecular complexity index is 575. The normalized spacial score (nSPS) is 10.4. The molecular weight excluding hydrogens is 249 g/mol. The summed E-state index contributed by atoms with van der Waals surface area (Å²) in [5.41, 5.74) is 1.11. The highest BCUT2D eigenvalue weighted by molar-refractivity contribution is 5.87. The van der Waals surface area contributed by atoms with E-state index in [1.807, 2.05) is 0 Å². The van der Waals surface area contributed by atoms with Gasteiger partial charge in [0.05, 0.1) is 11.3 Å². The van der Waals surface area contributed by atoms with Gasteiger partial charge in [0.15, 0.2) is 0 Å². The zero-order chi connectivity index (χ0) is 13.7. The number of rotatable bonds is 5. The number of carboxylic acid groups (broad SMARTS) is 1. The molecule has 6 heteroatoms. The lowest BCUT2D eigenvalue weighted by Gasteiger charge is -2.06. The number of benzene rings is 1. The quantitative estimate of drug-likeness (QED) is 0.855. The summed E-state index contributed by atoms with van der Waals surface area (Å²) < 4.78 is 13.5. The fourth-order valence-corrected chi connectivity index (χ4v) is 1.60. The first-order valence-electron chi connectivity index (χ1n) is 5.66. The summed E-state index contributed by atoms with van der Waals surface area (Å²) in [5, 5.41) is 19.4. The van der Waals surface area contributed by atoms with Crippen LogP contribution in [0.15, 0.2) is 36.5 Å². The molecule has 5 nitrogen and oxygen atoms in total. The zero-order valence-electron chi connectivity index (χ0n) is 10.0. The molecule has 2 aromatic rings. The van der Waals surface area contributed by atoms with Crippen LogP contribution in [0.25, 0.3) is 0 Å². The number of aromatic carboxylic acids is 1. The molecule has 0 spiro atoms. The molecule has 0 atom stereocenters. The molecule has 0 amide bonds. The maximum Gasteiger partial charge on any atom is 0.335 e. The van der Waals surface area contributed by atoms with E-state index in [1.54, 1.807) is 18.3 Å². The first-order valence-corrected chi connectivity index (χ1v) is 5.66. The molecule has 19 heavy (non-hydrogen) atoms. The topological polar surface area (TPSA) is 75.1 Å². The molecule has 98 valence electrons. The average Bonchev–Trinajstić information content (AvgIpc) is 2.42. The van der Waals surface area contributed by atoms with E-state index in [0.29, 0.717) is 12.1 Å². The molecule has 2 N–H and O–H groups in total. The van der Waals surface area contributed by atoms with Crippen molar-refractivity contribution in [3.8, 4) is 0 Å². The smallest absolute Gasteiger partial charge is 0.335 e. The molecule has 0 radical (unpaired) electrons. The molecule has 1 aromatic carbocycles. The van der Waals surface area contributed by atoms with E-state index < -0.39 is 11.8 Å². The average molecular weight is 261 g/mol.